The monoisotopic (exact) mass is 171 g/mol. The van der Waals surface area contributed by atoms with Gasteiger partial charge in [0.15, 0.2) is 0 Å². The molecule has 3 atom stereocenters. The molecule has 64 valence electrons. The molecule has 1 heterocycles. The summed E-state index contributed by atoms with van der Waals surface area (Å²) in [7, 11) is 0. The molecule has 2 aliphatic rings. The quantitative estimate of drug-likeness (QED) is 0.652. The molecule has 3 unspecified atom stereocenters. The van der Waals surface area contributed by atoms with Crippen molar-refractivity contribution in [3.8, 4) is 0 Å². The van der Waals surface area contributed by atoms with Crippen LogP contribution in [0.3, 0.4) is 0 Å². The molecule has 0 bridgehead atoms. The Morgan fingerprint density at radius 3 is 2.73 bits per heavy atom. The summed E-state index contributed by atoms with van der Waals surface area (Å²) in [5.41, 5.74) is 6.46. The summed E-state index contributed by atoms with van der Waals surface area (Å²) >= 11 is 2.12. The topological polar surface area (TPSA) is 26.0 Å². The first-order valence-electron chi connectivity index (χ1n) is 4.57. The van der Waals surface area contributed by atoms with E-state index >= 15 is 0 Å². The van der Waals surface area contributed by atoms with E-state index in [2.05, 4.69) is 18.7 Å². The van der Waals surface area contributed by atoms with Crippen LogP contribution in [0.5, 0.6) is 0 Å². The maximum Gasteiger partial charge on any atom is 0.0102 e. The van der Waals surface area contributed by atoms with E-state index in [9.17, 15) is 0 Å². The average Bonchev–Trinajstić information content (AvgIpc) is 2.64. The smallest absolute Gasteiger partial charge is 0.0102 e. The van der Waals surface area contributed by atoms with E-state index in [1.165, 1.54) is 30.8 Å². The van der Waals surface area contributed by atoms with Gasteiger partial charge in [-0.2, -0.15) is 11.8 Å². The normalized spacial score (nSPS) is 50.7. The minimum atomic E-state index is 0.520. The maximum absolute atomic E-state index is 5.92. The third kappa shape index (κ3) is 1.31. The van der Waals surface area contributed by atoms with Gasteiger partial charge in [0.1, 0.15) is 0 Å². The fourth-order valence-electron chi connectivity index (χ4n) is 2.15. The van der Waals surface area contributed by atoms with Crippen LogP contribution < -0.4 is 5.73 Å². The lowest BCUT2D eigenvalue weighted by Gasteiger charge is -2.27. The molecule has 2 rings (SSSR count). The van der Waals surface area contributed by atoms with Gasteiger partial charge in [-0.05, 0) is 42.1 Å². The Labute approximate surface area is 73.1 Å². The van der Waals surface area contributed by atoms with Crippen molar-refractivity contribution < 1.29 is 0 Å². The Bertz CT molecular complexity index is 154. The summed E-state index contributed by atoms with van der Waals surface area (Å²) in [6.45, 7) is 2.37. The van der Waals surface area contributed by atoms with E-state index in [1.807, 2.05) is 0 Å². The molecule has 1 nitrogen and oxygen atoms in total. The highest BCUT2D eigenvalue weighted by Gasteiger charge is 2.52. The molecule has 0 radical (unpaired) electrons. The van der Waals surface area contributed by atoms with Gasteiger partial charge in [0, 0.05) is 6.04 Å². The fraction of sp³-hybridized carbons (Fsp3) is 1.00. The predicted octanol–water partition coefficient (Wildman–Crippen LogP) is 1.87. The molecular formula is C9H17NS. The highest BCUT2D eigenvalue weighted by molar-refractivity contribution is 7.99. The Hall–Kier alpha value is 0.310. The molecule has 11 heavy (non-hydrogen) atoms. The first kappa shape index (κ1) is 7.93. The lowest BCUT2D eigenvalue weighted by Crippen LogP contribution is -2.25. The lowest BCUT2D eigenvalue weighted by molar-refractivity contribution is 0.330. The minimum absolute atomic E-state index is 0.520. The molecule has 0 aromatic carbocycles. The van der Waals surface area contributed by atoms with Crippen LogP contribution in [0.15, 0.2) is 0 Å². The van der Waals surface area contributed by atoms with Crippen LogP contribution >= 0.6 is 11.8 Å². The van der Waals surface area contributed by atoms with Crippen molar-refractivity contribution in [3.05, 3.63) is 0 Å². The molecule has 2 heteroatoms. The Balaban J connectivity index is 1.94. The molecule has 0 spiro atoms. The number of hydrogen-bond donors (Lipinski definition) is 1. The van der Waals surface area contributed by atoms with E-state index in [1.54, 1.807) is 0 Å². The number of nitrogens with two attached hydrogens (primary N) is 1. The zero-order valence-corrected chi connectivity index (χ0v) is 7.99. The first-order chi connectivity index (χ1) is 5.23. The van der Waals surface area contributed by atoms with Crippen LogP contribution in [-0.2, 0) is 0 Å². The van der Waals surface area contributed by atoms with Gasteiger partial charge in [0.05, 0.1) is 0 Å². The number of rotatable bonds is 1. The lowest BCUT2D eigenvalue weighted by atomic mass is 9.88. The Morgan fingerprint density at radius 2 is 2.27 bits per heavy atom. The van der Waals surface area contributed by atoms with E-state index in [4.69, 9.17) is 5.73 Å². The minimum Gasteiger partial charge on any atom is -0.327 e. The third-order valence-electron chi connectivity index (χ3n) is 3.44. The summed E-state index contributed by atoms with van der Waals surface area (Å²) in [6.07, 6.45) is 4.12. The molecular weight excluding hydrogens is 154 g/mol. The van der Waals surface area contributed by atoms with Crippen molar-refractivity contribution >= 4 is 11.8 Å². The molecule has 1 saturated carbocycles. The van der Waals surface area contributed by atoms with Crippen molar-refractivity contribution in [2.45, 2.75) is 32.2 Å². The predicted molar refractivity (Wildman–Crippen MR) is 50.7 cm³/mol. The third-order valence-corrected chi connectivity index (χ3v) is 4.66. The molecule has 2 fully saturated rings. The number of hydrogen-bond acceptors (Lipinski definition) is 2. The molecule has 2 N–H and O–H groups in total. The van der Waals surface area contributed by atoms with Crippen molar-refractivity contribution in [2.24, 2.45) is 17.1 Å². The molecule has 1 saturated heterocycles. The molecule has 0 amide bonds. The summed E-state index contributed by atoms with van der Waals surface area (Å²) < 4.78 is 0. The van der Waals surface area contributed by atoms with E-state index in [0.717, 1.165) is 5.92 Å². The molecule has 1 aliphatic carbocycles. The highest BCUT2D eigenvalue weighted by Crippen LogP contribution is 2.53. The standard InChI is InChI=1S/C9H17NS/c1-9(5-8(9)10)7-3-2-4-11-6-7/h7-8H,2-6,10H2,1H3. The van der Waals surface area contributed by atoms with Gasteiger partial charge in [-0.25, -0.2) is 0 Å². The van der Waals surface area contributed by atoms with E-state index < -0.39 is 0 Å². The van der Waals surface area contributed by atoms with Crippen LogP contribution in [0.2, 0.25) is 0 Å². The summed E-state index contributed by atoms with van der Waals surface area (Å²) in [5.74, 6) is 3.67. The van der Waals surface area contributed by atoms with E-state index in [0.29, 0.717) is 11.5 Å². The van der Waals surface area contributed by atoms with Gasteiger partial charge in [0.2, 0.25) is 0 Å². The Kier molecular flexibility index (Phi) is 1.92. The van der Waals surface area contributed by atoms with Gasteiger partial charge in [-0.15, -0.1) is 0 Å². The number of thioether (sulfide) groups is 1. The van der Waals surface area contributed by atoms with Crippen LogP contribution in [0.1, 0.15) is 26.2 Å². The van der Waals surface area contributed by atoms with Crippen LogP contribution in [-0.4, -0.2) is 17.5 Å². The molecule has 0 aromatic rings. The van der Waals surface area contributed by atoms with Crippen molar-refractivity contribution in [3.63, 3.8) is 0 Å². The fourth-order valence-corrected chi connectivity index (χ4v) is 3.51. The van der Waals surface area contributed by atoms with Crippen molar-refractivity contribution in [1.82, 2.24) is 0 Å². The van der Waals surface area contributed by atoms with Gasteiger partial charge in [0.25, 0.3) is 0 Å². The van der Waals surface area contributed by atoms with E-state index in [-0.39, 0.29) is 0 Å². The Morgan fingerprint density at radius 1 is 1.55 bits per heavy atom. The van der Waals surface area contributed by atoms with Gasteiger partial charge >= 0.3 is 0 Å². The second kappa shape index (κ2) is 2.67. The van der Waals surface area contributed by atoms with Crippen LogP contribution in [0.25, 0.3) is 0 Å². The van der Waals surface area contributed by atoms with Crippen molar-refractivity contribution in [2.75, 3.05) is 11.5 Å². The van der Waals surface area contributed by atoms with Gasteiger partial charge < -0.3 is 5.73 Å². The second-order valence-electron chi connectivity index (χ2n) is 4.23. The average molecular weight is 171 g/mol. The largest absolute Gasteiger partial charge is 0.327 e. The summed E-state index contributed by atoms with van der Waals surface area (Å²) in [4.78, 5) is 0. The van der Waals surface area contributed by atoms with Gasteiger partial charge in [-0.1, -0.05) is 6.92 Å². The first-order valence-corrected chi connectivity index (χ1v) is 5.72. The molecule has 1 aliphatic heterocycles. The zero-order chi connectivity index (χ0) is 7.90. The summed E-state index contributed by atoms with van der Waals surface area (Å²) in [5, 5.41) is 0. The molecule has 0 aromatic heterocycles. The highest BCUT2D eigenvalue weighted by atomic mass is 32.2. The van der Waals surface area contributed by atoms with Gasteiger partial charge in [-0.3, -0.25) is 0 Å². The van der Waals surface area contributed by atoms with Crippen molar-refractivity contribution in [1.29, 1.82) is 0 Å². The van der Waals surface area contributed by atoms with Crippen LogP contribution in [0, 0.1) is 11.3 Å². The SMILES string of the molecule is CC1(C2CCCSC2)CC1N. The zero-order valence-electron chi connectivity index (χ0n) is 7.18. The summed E-state index contributed by atoms with van der Waals surface area (Å²) in [6, 6.07) is 0.520. The second-order valence-corrected chi connectivity index (χ2v) is 5.38. The maximum atomic E-state index is 5.92. The van der Waals surface area contributed by atoms with Crippen LogP contribution in [0.4, 0.5) is 0 Å².